The van der Waals surface area contributed by atoms with Crippen LogP contribution in [-0.4, -0.2) is 0 Å². The van der Waals surface area contributed by atoms with E-state index in [1.54, 1.807) is 0 Å². The zero-order chi connectivity index (χ0) is 11.6. The normalized spacial score (nSPS) is 7.57. The van der Waals surface area contributed by atoms with Gasteiger partial charge in [-0.1, -0.05) is 64.1 Å². The molecule has 0 atom stereocenters. The van der Waals surface area contributed by atoms with Gasteiger partial charge in [-0.05, 0) is 25.0 Å². The Morgan fingerprint density at radius 1 is 1.00 bits per heavy atom. The summed E-state index contributed by atoms with van der Waals surface area (Å²) >= 11 is 0. The minimum Gasteiger partial charge on any atom is -0.0985 e. The quantitative estimate of drug-likeness (QED) is 0.587. The highest BCUT2D eigenvalue weighted by molar-refractivity contribution is 5.52. The van der Waals surface area contributed by atoms with Gasteiger partial charge in [-0.3, -0.25) is 0 Å². The fraction of sp³-hybridized carbons (Fsp3) is 0.429. The molecule has 0 radical (unpaired) electrons. The van der Waals surface area contributed by atoms with E-state index in [1.807, 2.05) is 33.8 Å². The molecule has 0 heterocycles. The van der Waals surface area contributed by atoms with Crippen LogP contribution in [0, 0.1) is 13.8 Å². The Hall–Kier alpha value is -1.04. The van der Waals surface area contributed by atoms with Crippen molar-refractivity contribution in [1.82, 2.24) is 0 Å². The van der Waals surface area contributed by atoms with E-state index in [-0.39, 0.29) is 0 Å². The number of hydrogen-bond donors (Lipinski definition) is 0. The van der Waals surface area contributed by atoms with Gasteiger partial charge in [-0.15, -0.1) is 0 Å². The molecule has 1 aromatic carbocycles. The molecule has 0 aliphatic carbocycles. The molecule has 0 spiro atoms. The standard InChI is InChI=1S/C10H12.2C2H6/c1-4-10-7-8(2)5-6-9(10)3;2*1-2/h4-7H,1H2,2-3H3;2*1-2H3. The summed E-state index contributed by atoms with van der Waals surface area (Å²) in [4.78, 5) is 0. The minimum absolute atomic E-state index is 1.24. The van der Waals surface area contributed by atoms with Crippen molar-refractivity contribution in [1.29, 1.82) is 0 Å². The second kappa shape index (κ2) is 10.0. The van der Waals surface area contributed by atoms with Gasteiger partial charge in [0, 0.05) is 0 Å². The second-order valence-corrected chi connectivity index (χ2v) is 2.56. The van der Waals surface area contributed by atoms with Crippen molar-refractivity contribution < 1.29 is 0 Å². The lowest BCUT2D eigenvalue weighted by Crippen LogP contribution is -1.80. The number of hydrogen-bond acceptors (Lipinski definition) is 0. The van der Waals surface area contributed by atoms with Gasteiger partial charge in [0.15, 0.2) is 0 Å². The highest BCUT2D eigenvalue weighted by atomic mass is 14.0. The molecule has 1 rings (SSSR count). The monoisotopic (exact) mass is 192 g/mol. The fourth-order valence-electron chi connectivity index (χ4n) is 0.980. The van der Waals surface area contributed by atoms with Crippen molar-refractivity contribution in [2.45, 2.75) is 41.5 Å². The first-order chi connectivity index (χ1) is 6.74. The van der Waals surface area contributed by atoms with E-state index >= 15 is 0 Å². The molecule has 1 aromatic rings. The average Bonchev–Trinajstić information content (AvgIpc) is 2.27. The topological polar surface area (TPSA) is 0 Å². The van der Waals surface area contributed by atoms with Gasteiger partial charge < -0.3 is 0 Å². The van der Waals surface area contributed by atoms with Crippen molar-refractivity contribution in [3.8, 4) is 0 Å². The average molecular weight is 192 g/mol. The van der Waals surface area contributed by atoms with Crippen LogP contribution in [0.2, 0.25) is 0 Å². The molecule has 0 aliphatic heterocycles. The first-order valence-corrected chi connectivity index (χ1v) is 5.43. The predicted molar refractivity (Wildman–Crippen MR) is 68.7 cm³/mol. The third kappa shape index (κ3) is 5.58. The maximum atomic E-state index is 3.73. The van der Waals surface area contributed by atoms with Crippen molar-refractivity contribution in [3.63, 3.8) is 0 Å². The van der Waals surface area contributed by atoms with Crippen LogP contribution < -0.4 is 0 Å². The highest BCUT2D eigenvalue weighted by Crippen LogP contribution is 2.10. The molecule has 0 heteroatoms. The van der Waals surface area contributed by atoms with Crippen molar-refractivity contribution in [2.24, 2.45) is 0 Å². The molecular formula is C14H24. The summed E-state index contributed by atoms with van der Waals surface area (Å²) in [5.41, 5.74) is 3.82. The zero-order valence-corrected chi connectivity index (χ0v) is 10.5. The van der Waals surface area contributed by atoms with Crippen molar-refractivity contribution >= 4 is 6.08 Å². The molecule has 0 bridgehead atoms. The largest absolute Gasteiger partial charge is 0.0985 e. The van der Waals surface area contributed by atoms with Crippen LogP contribution in [0.15, 0.2) is 24.8 Å². The summed E-state index contributed by atoms with van der Waals surface area (Å²) in [5, 5.41) is 0. The van der Waals surface area contributed by atoms with E-state index in [9.17, 15) is 0 Å². The molecule has 14 heavy (non-hydrogen) atoms. The Morgan fingerprint density at radius 2 is 1.50 bits per heavy atom. The SMILES string of the molecule is C=Cc1cc(C)ccc1C.CC.CC. The van der Waals surface area contributed by atoms with Crippen LogP contribution in [0.1, 0.15) is 44.4 Å². The Morgan fingerprint density at radius 3 is 1.86 bits per heavy atom. The summed E-state index contributed by atoms with van der Waals surface area (Å²) in [6.07, 6.45) is 1.89. The lowest BCUT2D eigenvalue weighted by atomic mass is 10.1. The molecule has 0 unspecified atom stereocenters. The van der Waals surface area contributed by atoms with Crippen LogP contribution in [0.3, 0.4) is 0 Å². The van der Waals surface area contributed by atoms with E-state index in [0.29, 0.717) is 0 Å². The van der Waals surface area contributed by atoms with Gasteiger partial charge in [0.1, 0.15) is 0 Å². The van der Waals surface area contributed by atoms with Crippen LogP contribution >= 0.6 is 0 Å². The maximum Gasteiger partial charge on any atom is -0.0231 e. The predicted octanol–water partition coefficient (Wildman–Crippen LogP) is 5.00. The first kappa shape index (κ1) is 15.4. The summed E-state index contributed by atoms with van der Waals surface area (Å²) in [7, 11) is 0. The lowest BCUT2D eigenvalue weighted by molar-refractivity contribution is 1.38. The molecule has 0 saturated carbocycles. The summed E-state index contributed by atoms with van der Waals surface area (Å²) in [6, 6.07) is 6.37. The molecule has 0 aromatic heterocycles. The maximum absolute atomic E-state index is 3.73. The van der Waals surface area contributed by atoms with E-state index in [2.05, 4.69) is 38.6 Å². The second-order valence-electron chi connectivity index (χ2n) is 2.56. The van der Waals surface area contributed by atoms with Crippen LogP contribution in [0.5, 0.6) is 0 Å². The van der Waals surface area contributed by atoms with E-state index in [1.165, 1.54) is 16.7 Å². The van der Waals surface area contributed by atoms with E-state index in [0.717, 1.165) is 0 Å². The van der Waals surface area contributed by atoms with E-state index in [4.69, 9.17) is 0 Å². The van der Waals surface area contributed by atoms with Crippen LogP contribution in [0.25, 0.3) is 6.08 Å². The van der Waals surface area contributed by atoms with Gasteiger partial charge in [0.25, 0.3) is 0 Å². The fourth-order valence-corrected chi connectivity index (χ4v) is 0.980. The zero-order valence-electron chi connectivity index (χ0n) is 10.5. The molecule has 0 aliphatic rings. The molecule has 0 fully saturated rings. The molecule has 0 N–H and O–H groups in total. The summed E-state index contributed by atoms with van der Waals surface area (Å²) < 4.78 is 0. The van der Waals surface area contributed by atoms with Gasteiger partial charge in [-0.25, -0.2) is 0 Å². The lowest BCUT2D eigenvalue weighted by Gasteiger charge is -1.99. The van der Waals surface area contributed by atoms with E-state index < -0.39 is 0 Å². The van der Waals surface area contributed by atoms with Crippen LogP contribution in [-0.2, 0) is 0 Å². The molecule has 0 nitrogen and oxygen atoms in total. The van der Waals surface area contributed by atoms with Gasteiger partial charge in [0.05, 0.1) is 0 Å². The molecular weight excluding hydrogens is 168 g/mol. The molecule has 0 amide bonds. The van der Waals surface area contributed by atoms with Crippen LogP contribution in [0.4, 0.5) is 0 Å². The van der Waals surface area contributed by atoms with Gasteiger partial charge >= 0.3 is 0 Å². The number of aryl methyl sites for hydroxylation is 2. The highest BCUT2D eigenvalue weighted by Gasteiger charge is 1.91. The Labute approximate surface area is 89.7 Å². The third-order valence-corrected chi connectivity index (χ3v) is 1.65. The molecule has 0 saturated heterocycles. The van der Waals surface area contributed by atoms with Gasteiger partial charge in [-0.2, -0.15) is 0 Å². The first-order valence-electron chi connectivity index (χ1n) is 5.43. The summed E-state index contributed by atoms with van der Waals surface area (Å²) in [5.74, 6) is 0. The smallest absolute Gasteiger partial charge is 0.0231 e. The van der Waals surface area contributed by atoms with Gasteiger partial charge in [0.2, 0.25) is 0 Å². The van der Waals surface area contributed by atoms with Crippen molar-refractivity contribution in [3.05, 3.63) is 41.5 Å². The Bertz CT molecular complexity index is 246. The van der Waals surface area contributed by atoms with Crippen molar-refractivity contribution in [2.75, 3.05) is 0 Å². The molecule has 80 valence electrons. The Kier molecular flexibility index (Phi) is 11.1. The Balaban J connectivity index is 0. The number of benzene rings is 1. The number of rotatable bonds is 1. The third-order valence-electron chi connectivity index (χ3n) is 1.65. The summed E-state index contributed by atoms with van der Waals surface area (Å²) in [6.45, 7) is 15.9. The minimum atomic E-state index is 1.24.